The summed E-state index contributed by atoms with van der Waals surface area (Å²) in [4.78, 5) is 15.5. The third kappa shape index (κ3) is 2.57. The van der Waals surface area contributed by atoms with Gasteiger partial charge >= 0.3 is 0 Å². The highest BCUT2D eigenvalue weighted by Gasteiger charge is 2.12. The molecular formula is C12H9Cl2FN6. The lowest BCUT2D eigenvalue weighted by Crippen LogP contribution is -2.02. The summed E-state index contributed by atoms with van der Waals surface area (Å²) in [5, 5.41) is 5.71. The topological polar surface area (TPSA) is 78.5 Å². The molecule has 0 amide bonds. The molecule has 1 aromatic carbocycles. The molecule has 0 aliphatic heterocycles. The largest absolute Gasteiger partial charge is 0.357 e. The Hall–Kier alpha value is -2.12. The summed E-state index contributed by atoms with van der Waals surface area (Å²) in [6.07, 6.45) is 1.51. The molecule has 0 saturated carbocycles. The van der Waals surface area contributed by atoms with Crippen LogP contribution in [0.3, 0.4) is 0 Å². The van der Waals surface area contributed by atoms with Crippen LogP contribution in [-0.4, -0.2) is 27.0 Å². The summed E-state index contributed by atoms with van der Waals surface area (Å²) in [5.41, 5.74) is 1.62. The van der Waals surface area contributed by atoms with Gasteiger partial charge in [-0.15, -0.1) is 0 Å². The number of nitrogens with one attached hydrogen (secondary N) is 3. The molecule has 3 N–H and O–H groups in total. The van der Waals surface area contributed by atoms with E-state index in [4.69, 9.17) is 23.2 Å². The zero-order chi connectivity index (χ0) is 15.0. The number of hydrogen-bond acceptors (Lipinski definition) is 5. The summed E-state index contributed by atoms with van der Waals surface area (Å²) in [7, 11) is 1.70. The molecule has 0 spiro atoms. The van der Waals surface area contributed by atoms with E-state index >= 15 is 0 Å². The number of hydrogen-bond donors (Lipinski definition) is 3. The van der Waals surface area contributed by atoms with Crippen molar-refractivity contribution in [1.29, 1.82) is 0 Å². The molecule has 3 aromatic rings. The molecule has 0 unspecified atom stereocenters. The average molecular weight is 327 g/mol. The number of aromatic amines is 1. The quantitative estimate of drug-likeness (QED) is 0.641. The number of fused-ring (bicyclic) bond motifs is 1. The van der Waals surface area contributed by atoms with Crippen LogP contribution in [0.2, 0.25) is 10.0 Å². The third-order valence-electron chi connectivity index (χ3n) is 2.76. The minimum absolute atomic E-state index is 0.0752. The first-order chi connectivity index (χ1) is 10.1. The minimum Gasteiger partial charge on any atom is -0.357 e. The Morgan fingerprint density at radius 2 is 1.90 bits per heavy atom. The van der Waals surface area contributed by atoms with Gasteiger partial charge in [-0.3, -0.25) is 0 Å². The molecule has 0 aliphatic rings. The summed E-state index contributed by atoms with van der Waals surface area (Å²) in [6, 6.07) is 2.85. The highest BCUT2D eigenvalue weighted by molar-refractivity contribution is 6.35. The lowest BCUT2D eigenvalue weighted by molar-refractivity contribution is 0.629. The van der Waals surface area contributed by atoms with Crippen LogP contribution in [0.5, 0.6) is 0 Å². The van der Waals surface area contributed by atoms with Gasteiger partial charge < -0.3 is 15.6 Å². The van der Waals surface area contributed by atoms with Crippen LogP contribution in [0.15, 0.2) is 18.5 Å². The molecule has 2 heterocycles. The van der Waals surface area contributed by atoms with E-state index in [1.54, 1.807) is 7.05 Å². The third-order valence-corrected chi connectivity index (χ3v) is 3.31. The van der Waals surface area contributed by atoms with Crippen molar-refractivity contribution in [3.05, 3.63) is 34.3 Å². The van der Waals surface area contributed by atoms with Gasteiger partial charge in [-0.25, -0.2) is 9.37 Å². The van der Waals surface area contributed by atoms with Crippen LogP contribution in [0.1, 0.15) is 0 Å². The fourth-order valence-corrected chi connectivity index (χ4v) is 2.29. The van der Waals surface area contributed by atoms with Crippen molar-refractivity contribution in [3.63, 3.8) is 0 Å². The monoisotopic (exact) mass is 326 g/mol. The van der Waals surface area contributed by atoms with Crippen LogP contribution < -0.4 is 10.6 Å². The standard InChI is InChI=1S/C12H9Cl2FN6/c1-16-12-20-10-9(17-4-18-10)11(21-12)19-5-2-6(13)8(15)7(14)3-5/h2-4H,1H3,(H3,16,17,18,19,20,21). The molecule has 0 aliphatic carbocycles. The van der Waals surface area contributed by atoms with Crippen LogP contribution in [0, 0.1) is 5.82 Å². The summed E-state index contributed by atoms with van der Waals surface area (Å²) in [6.45, 7) is 0. The van der Waals surface area contributed by atoms with Crippen molar-refractivity contribution in [2.75, 3.05) is 17.7 Å². The van der Waals surface area contributed by atoms with Crippen LogP contribution in [-0.2, 0) is 0 Å². The minimum atomic E-state index is -0.658. The van der Waals surface area contributed by atoms with Crippen molar-refractivity contribution < 1.29 is 4.39 Å². The number of rotatable bonds is 3. The van der Waals surface area contributed by atoms with Gasteiger partial charge in [0.1, 0.15) is 5.52 Å². The molecule has 0 radical (unpaired) electrons. The molecule has 6 nitrogen and oxygen atoms in total. The first kappa shape index (κ1) is 13.8. The summed E-state index contributed by atoms with van der Waals surface area (Å²) in [5.74, 6) is 0.214. The van der Waals surface area contributed by atoms with Gasteiger partial charge in [0.2, 0.25) is 5.95 Å². The molecule has 2 aromatic heterocycles. The van der Waals surface area contributed by atoms with Gasteiger partial charge in [-0.05, 0) is 12.1 Å². The molecular weight excluding hydrogens is 318 g/mol. The zero-order valence-corrected chi connectivity index (χ0v) is 12.2. The second-order valence-corrected chi connectivity index (χ2v) is 4.94. The second-order valence-electron chi connectivity index (χ2n) is 4.13. The average Bonchev–Trinajstić information content (AvgIpc) is 2.93. The first-order valence-corrected chi connectivity index (χ1v) is 6.64. The van der Waals surface area contributed by atoms with E-state index in [1.165, 1.54) is 18.5 Å². The van der Waals surface area contributed by atoms with Crippen molar-refractivity contribution in [2.24, 2.45) is 0 Å². The fraction of sp³-hybridized carbons (Fsp3) is 0.0833. The normalized spacial score (nSPS) is 10.9. The SMILES string of the molecule is CNc1nc(Nc2cc(Cl)c(F)c(Cl)c2)c2[nH]cnc2n1. The Morgan fingerprint density at radius 3 is 2.57 bits per heavy atom. The maximum absolute atomic E-state index is 13.4. The predicted molar refractivity (Wildman–Crippen MR) is 80.9 cm³/mol. The van der Waals surface area contributed by atoms with Crippen molar-refractivity contribution in [2.45, 2.75) is 0 Å². The molecule has 0 fully saturated rings. The van der Waals surface area contributed by atoms with Crippen molar-refractivity contribution in [3.8, 4) is 0 Å². The summed E-state index contributed by atoms with van der Waals surface area (Å²) < 4.78 is 13.4. The van der Waals surface area contributed by atoms with Gasteiger partial charge in [0, 0.05) is 12.7 Å². The maximum Gasteiger partial charge on any atom is 0.226 e. The van der Waals surface area contributed by atoms with Crippen LogP contribution in [0.25, 0.3) is 11.2 Å². The highest BCUT2D eigenvalue weighted by atomic mass is 35.5. The number of aromatic nitrogens is 4. The predicted octanol–water partition coefficient (Wildman–Crippen LogP) is 3.58. The van der Waals surface area contributed by atoms with Crippen molar-refractivity contribution >= 4 is 51.8 Å². The zero-order valence-electron chi connectivity index (χ0n) is 10.7. The smallest absolute Gasteiger partial charge is 0.226 e. The second kappa shape index (κ2) is 5.34. The molecule has 0 atom stereocenters. The van der Waals surface area contributed by atoms with Gasteiger partial charge in [-0.2, -0.15) is 9.97 Å². The number of benzene rings is 1. The number of halogens is 3. The van der Waals surface area contributed by atoms with E-state index in [0.717, 1.165) is 0 Å². The van der Waals surface area contributed by atoms with E-state index in [-0.39, 0.29) is 10.0 Å². The van der Waals surface area contributed by atoms with Gasteiger partial charge in [-0.1, -0.05) is 23.2 Å². The van der Waals surface area contributed by atoms with Gasteiger partial charge in [0.25, 0.3) is 0 Å². The fourth-order valence-electron chi connectivity index (χ4n) is 1.80. The number of H-pyrrole nitrogens is 1. The molecule has 9 heteroatoms. The number of anilines is 3. The van der Waals surface area contributed by atoms with Crippen molar-refractivity contribution in [1.82, 2.24) is 19.9 Å². The van der Waals surface area contributed by atoms with E-state index in [0.29, 0.717) is 28.6 Å². The lowest BCUT2D eigenvalue weighted by Gasteiger charge is -2.09. The Bertz CT molecular complexity index is 796. The maximum atomic E-state index is 13.4. The number of nitrogens with zero attached hydrogens (tertiary/aromatic N) is 3. The molecule has 0 bridgehead atoms. The van der Waals surface area contributed by atoms with Crippen LogP contribution >= 0.6 is 23.2 Å². The van der Waals surface area contributed by atoms with E-state index in [2.05, 4.69) is 30.6 Å². The molecule has 3 rings (SSSR count). The Balaban J connectivity index is 2.07. The van der Waals surface area contributed by atoms with Gasteiger partial charge in [0.15, 0.2) is 17.3 Å². The first-order valence-electron chi connectivity index (χ1n) is 5.89. The highest BCUT2D eigenvalue weighted by Crippen LogP contribution is 2.30. The number of imidazole rings is 1. The van der Waals surface area contributed by atoms with Crippen LogP contribution in [0.4, 0.5) is 21.8 Å². The molecule has 0 saturated heterocycles. The Kier molecular flexibility index (Phi) is 3.52. The van der Waals surface area contributed by atoms with E-state index < -0.39 is 5.82 Å². The van der Waals surface area contributed by atoms with E-state index in [1.807, 2.05) is 0 Å². The van der Waals surface area contributed by atoms with E-state index in [9.17, 15) is 4.39 Å². The lowest BCUT2D eigenvalue weighted by atomic mass is 10.3. The Labute approximate surface area is 128 Å². The molecule has 108 valence electrons. The molecule has 21 heavy (non-hydrogen) atoms. The van der Waals surface area contributed by atoms with Gasteiger partial charge in [0.05, 0.1) is 16.4 Å². The summed E-state index contributed by atoms with van der Waals surface area (Å²) >= 11 is 11.6. The Morgan fingerprint density at radius 1 is 1.19 bits per heavy atom.